The minimum atomic E-state index is -1.51. The molecule has 1 unspecified atom stereocenters. The summed E-state index contributed by atoms with van der Waals surface area (Å²) in [6, 6.07) is 0. The number of allylic oxidation sites excluding steroid dienone is 1. The molecule has 0 aliphatic rings. The summed E-state index contributed by atoms with van der Waals surface area (Å²) in [7, 11) is 0. The van der Waals surface area contributed by atoms with Crippen LogP contribution in [0.25, 0.3) is 0 Å². The fourth-order valence-corrected chi connectivity index (χ4v) is 0.747. The minimum Gasteiger partial charge on any atom is -0.243 e. The summed E-state index contributed by atoms with van der Waals surface area (Å²) in [5, 5.41) is 0. The lowest BCUT2D eigenvalue weighted by atomic mass is 10.3. The minimum absolute atomic E-state index is 0.138. The fourth-order valence-electron chi connectivity index (χ4n) is 0.304. The lowest BCUT2D eigenvalue weighted by Crippen LogP contribution is -2.09. The summed E-state index contributed by atoms with van der Waals surface area (Å²) in [5.41, 5.74) is 0. The lowest BCUT2D eigenvalue weighted by Gasteiger charge is -2.10. The van der Waals surface area contributed by atoms with Crippen molar-refractivity contribution in [2.24, 2.45) is 0 Å². The van der Waals surface area contributed by atoms with Crippen LogP contribution >= 0.6 is 34.8 Å². The molecule has 0 bridgehead atoms. The van der Waals surface area contributed by atoms with Crippen molar-refractivity contribution in [2.75, 3.05) is 0 Å². The Morgan fingerprint density at radius 3 is 2.11 bits per heavy atom. The van der Waals surface area contributed by atoms with Crippen LogP contribution in [0, 0.1) is 0 Å². The Hall–Kier alpha value is 0.540. The summed E-state index contributed by atoms with van der Waals surface area (Å²) in [4.78, 5) is 0. The van der Waals surface area contributed by atoms with Crippen molar-refractivity contribution < 1.29 is 4.39 Å². The Kier molecular flexibility index (Phi) is 3.86. The van der Waals surface area contributed by atoms with Crippen LogP contribution in [-0.4, -0.2) is 9.96 Å². The van der Waals surface area contributed by atoms with Gasteiger partial charge in [0, 0.05) is 6.42 Å². The van der Waals surface area contributed by atoms with Crippen LogP contribution in [0.1, 0.15) is 6.42 Å². The van der Waals surface area contributed by atoms with Gasteiger partial charge in [0.15, 0.2) is 3.79 Å². The Bertz CT molecular complexity index is 96.9. The zero-order valence-electron chi connectivity index (χ0n) is 4.58. The van der Waals surface area contributed by atoms with Crippen LogP contribution in [0.4, 0.5) is 4.39 Å². The molecule has 0 spiro atoms. The Morgan fingerprint density at radius 2 is 2.00 bits per heavy atom. The number of halogens is 4. The van der Waals surface area contributed by atoms with Crippen molar-refractivity contribution in [3.05, 3.63) is 12.7 Å². The summed E-state index contributed by atoms with van der Waals surface area (Å²) in [5.74, 6) is 0. The maximum Gasteiger partial charge on any atom is 0.193 e. The largest absolute Gasteiger partial charge is 0.243 e. The molecule has 0 aromatic heterocycles. The van der Waals surface area contributed by atoms with Gasteiger partial charge in [0.25, 0.3) is 0 Å². The average molecular weight is 191 g/mol. The highest BCUT2D eigenvalue weighted by atomic mass is 35.6. The number of hydrogen-bond acceptors (Lipinski definition) is 0. The van der Waals surface area contributed by atoms with Gasteiger partial charge in [0.1, 0.15) is 6.17 Å². The number of rotatable bonds is 2. The van der Waals surface area contributed by atoms with E-state index in [1.165, 1.54) is 0 Å². The second-order valence-electron chi connectivity index (χ2n) is 1.57. The molecule has 0 saturated carbocycles. The molecule has 4 heteroatoms. The molecule has 0 aliphatic carbocycles. The molecule has 0 rings (SSSR count). The Balaban J connectivity index is 3.59. The van der Waals surface area contributed by atoms with E-state index < -0.39 is 9.96 Å². The molecule has 0 aromatic rings. The molecular weight excluding hydrogens is 185 g/mol. The van der Waals surface area contributed by atoms with Gasteiger partial charge in [-0.2, -0.15) is 0 Å². The predicted octanol–water partition coefficient (Wildman–Crippen LogP) is 3.27. The molecule has 0 heterocycles. The van der Waals surface area contributed by atoms with E-state index in [2.05, 4.69) is 6.58 Å². The van der Waals surface area contributed by atoms with E-state index in [1.54, 1.807) is 0 Å². The molecule has 0 N–H and O–H groups in total. The molecular formula is C5H6Cl3F. The van der Waals surface area contributed by atoms with E-state index in [0.29, 0.717) is 0 Å². The summed E-state index contributed by atoms with van der Waals surface area (Å²) >= 11 is 15.7. The van der Waals surface area contributed by atoms with Crippen LogP contribution in [0.3, 0.4) is 0 Å². The maximum atomic E-state index is 12.3. The SMILES string of the molecule is C=CC(F)CC(Cl)(Cl)Cl. The quantitative estimate of drug-likeness (QED) is 0.464. The summed E-state index contributed by atoms with van der Waals surface area (Å²) in [6.07, 6.45) is -0.277. The lowest BCUT2D eigenvalue weighted by molar-refractivity contribution is 0.382. The molecule has 0 aliphatic heterocycles. The fraction of sp³-hybridized carbons (Fsp3) is 0.600. The first-order chi connectivity index (χ1) is 3.95. The van der Waals surface area contributed by atoms with Crippen LogP contribution in [-0.2, 0) is 0 Å². The molecule has 1 atom stereocenters. The van der Waals surface area contributed by atoms with Gasteiger partial charge in [-0.05, 0) is 0 Å². The Morgan fingerprint density at radius 1 is 1.56 bits per heavy atom. The van der Waals surface area contributed by atoms with Gasteiger partial charge in [0.05, 0.1) is 0 Å². The molecule has 0 radical (unpaired) electrons. The van der Waals surface area contributed by atoms with Crippen molar-refractivity contribution in [1.29, 1.82) is 0 Å². The monoisotopic (exact) mass is 190 g/mol. The average Bonchev–Trinajstić information content (AvgIpc) is 1.62. The topological polar surface area (TPSA) is 0 Å². The van der Waals surface area contributed by atoms with Gasteiger partial charge < -0.3 is 0 Å². The van der Waals surface area contributed by atoms with Gasteiger partial charge in [-0.15, -0.1) is 6.58 Å². The number of alkyl halides is 4. The summed E-state index contributed by atoms with van der Waals surface area (Å²) in [6.45, 7) is 3.19. The van der Waals surface area contributed by atoms with Gasteiger partial charge in [0.2, 0.25) is 0 Å². The van der Waals surface area contributed by atoms with E-state index >= 15 is 0 Å². The van der Waals surface area contributed by atoms with Gasteiger partial charge >= 0.3 is 0 Å². The first-order valence-corrected chi connectivity index (χ1v) is 3.42. The molecule has 0 saturated heterocycles. The first kappa shape index (κ1) is 9.54. The van der Waals surface area contributed by atoms with E-state index in [9.17, 15) is 4.39 Å². The van der Waals surface area contributed by atoms with Gasteiger partial charge in [-0.25, -0.2) is 4.39 Å². The third-order valence-corrected chi connectivity index (χ3v) is 1.15. The molecule has 54 valence electrons. The molecule has 0 nitrogen and oxygen atoms in total. The van der Waals surface area contributed by atoms with E-state index in [0.717, 1.165) is 6.08 Å². The van der Waals surface area contributed by atoms with Crippen LogP contribution in [0.15, 0.2) is 12.7 Å². The normalized spacial score (nSPS) is 15.1. The van der Waals surface area contributed by atoms with Crippen molar-refractivity contribution in [1.82, 2.24) is 0 Å². The molecule has 0 amide bonds. The van der Waals surface area contributed by atoms with Crippen molar-refractivity contribution >= 4 is 34.8 Å². The highest BCUT2D eigenvalue weighted by molar-refractivity contribution is 6.67. The summed E-state index contributed by atoms with van der Waals surface area (Å²) < 4.78 is 10.8. The zero-order valence-corrected chi connectivity index (χ0v) is 6.85. The first-order valence-electron chi connectivity index (χ1n) is 2.29. The number of hydrogen-bond donors (Lipinski definition) is 0. The van der Waals surface area contributed by atoms with Gasteiger partial charge in [-0.1, -0.05) is 40.9 Å². The third-order valence-electron chi connectivity index (χ3n) is 0.682. The van der Waals surface area contributed by atoms with Crippen molar-refractivity contribution in [2.45, 2.75) is 16.4 Å². The molecule has 0 aromatic carbocycles. The second kappa shape index (κ2) is 3.65. The highest BCUT2D eigenvalue weighted by Gasteiger charge is 2.23. The third kappa shape index (κ3) is 6.42. The van der Waals surface area contributed by atoms with Gasteiger partial charge in [-0.3, -0.25) is 0 Å². The van der Waals surface area contributed by atoms with Crippen LogP contribution in [0.5, 0.6) is 0 Å². The van der Waals surface area contributed by atoms with Crippen molar-refractivity contribution in [3.63, 3.8) is 0 Å². The molecule has 9 heavy (non-hydrogen) atoms. The van der Waals surface area contributed by atoms with Crippen molar-refractivity contribution in [3.8, 4) is 0 Å². The van der Waals surface area contributed by atoms with Crippen LogP contribution in [0.2, 0.25) is 0 Å². The van der Waals surface area contributed by atoms with Crippen LogP contribution < -0.4 is 0 Å². The smallest absolute Gasteiger partial charge is 0.193 e. The molecule has 0 fully saturated rings. The van der Waals surface area contributed by atoms with E-state index in [1.807, 2.05) is 0 Å². The zero-order chi connectivity index (χ0) is 7.49. The standard InChI is InChI=1S/C5H6Cl3F/c1-2-4(9)3-5(6,7)8/h2,4H,1,3H2. The van der Waals surface area contributed by atoms with E-state index in [4.69, 9.17) is 34.8 Å². The van der Waals surface area contributed by atoms with E-state index in [-0.39, 0.29) is 6.42 Å². The second-order valence-corrected chi connectivity index (χ2v) is 4.09. The Labute approximate surface area is 68.6 Å². The highest BCUT2D eigenvalue weighted by Crippen LogP contribution is 2.32. The maximum absolute atomic E-state index is 12.3. The predicted molar refractivity (Wildman–Crippen MR) is 40.0 cm³/mol.